The molecule has 0 aliphatic carbocycles. The standard InChI is InChI=1S/C92H160NO8P/c1-6-8-10-12-14-16-18-20-22-24-26-28-30-32-34-36-38-40-42-44-45-46-47-49-51-53-55-57-59-61-63-65-67-69-71-73-75-77-79-81-83-85-92(95)101-90(89-100-102(96,97)99-87-86-93(3,4)5)88-98-91(94)84-82-80-78-76-74-72-70-68-66-64-62-60-58-56-54-52-50-48-43-41-39-37-35-33-31-29-27-25-23-21-19-17-15-13-11-9-7-2/h8,10,14,16,20,22,26,28,32,34,38,40,44-45,47,49,53,55,59,61,65,67,71,73,90H,6-7,9,11-13,15,17-19,21,23-25,27,29-31,33,35-37,39,41-43,46,48,50-52,54,56-58,60,62-64,66,68-70,72,74-89H2,1-5H3/p+1/b10-8-,16-14-,22-20-,28-26-,34-32-,40-38-,45-44-,49-47-,55-53-,61-59-,67-65-,73-71-. The molecule has 0 heterocycles. The van der Waals surface area contributed by atoms with Crippen LogP contribution in [0.25, 0.3) is 0 Å². The summed E-state index contributed by atoms with van der Waals surface area (Å²) >= 11 is 0. The molecule has 0 fully saturated rings. The minimum atomic E-state index is -4.41. The van der Waals surface area contributed by atoms with E-state index < -0.39 is 26.5 Å². The van der Waals surface area contributed by atoms with E-state index >= 15 is 0 Å². The molecule has 0 rings (SSSR count). The van der Waals surface area contributed by atoms with Crippen molar-refractivity contribution in [2.75, 3.05) is 47.5 Å². The van der Waals surface area contributed by atoms with Crippen LogP contribution in [0.3, 0.4) is 0 Å². The lowest BCUT2D eigenvalue weighted by Gasteiger charge is -2.24. The van der Waals surface area contributed by atoms with Gasteiger partial charge in [-0.05, 0) is 103 Å². The summed E-state index contributed by atoms with van der Waals surface area (Å²) < 4.78 is 34.8. The minimum absolute atomic E-state index is 0.0209. The second-order valence-electron chi connectivity index (χ2n) is 29.5. The van der Waals surface area contributed by atoms with Gasteiger partial charge in [-0.25, -0.2) is 4.57 Å². The lowest BCUT2D eigenvalue weighted by molar-refractivity contribution is -0.870. The molecule has 1 N–H and O–H groups in total. The van der Waals surface area contributed by atoms with E-state index in [9.17, 15) is 19.0 Å². The average Bonchev–Trinajstić information content (AvgIpc) is 0.916. The molecular weight excluding hydrogens is 1280 g/mol. The van der Waals surface area contributed by atoms with E-state index in [0.717, 1.165) is 122 Å². The van der Waals surface area contributed by atoms with Crippen molar-refractivity contribution >= 4 is 19.8 Å². The lowest BCUT2D eigenvalue weighted by Crippen LogP contribution is -2.37. The highest BCUT2D eigenvalue weighted by molar-refractivity contribution is 7.47. The molecule has 2 unspecified atom stereocenters. The number of phosphoric ester groups is 1. The van der Waals surface area contributed by atoms with Gasteiger partial charge in [0.05, 0.1) is 27.7 Å². The van der Waals surface area contributed by atoms with Crippen LogP contribution in [0.1, 0.15) is 373 Å². The van der Waals surface area contributed by atoms with Crippen LogP contribution < -0.4 is 0 Å². The Kier molecular flexibility index (Phi) is 77.7. The Hall–Kier alpha value is -4.11. The molecule has 0 amide bonds. The first-order chi connectivity index (χ1) is 50.0. The summed E-state index contributed by atoms with van der Waals surface area (Å²) in [5.74, 6) is -0.821. The highest BCUT2D eigenvalue weighted by Crippen LogP contribution is 2.43. The van der Waals surface area contributed by atoms with Crippen molar-refractivity contribution in [1.82, 2.24) is 0 Å². The van der Waals surface area contributed by atoms with Crippen molar-refractivity contribution in [3.05, 3.63) is 146 Å². The number of hydrogen-bond donors (Lipinski definition) is 1. The molecule has 586 valence electrons. The summed E-state index contributed by atoms with van der Waals surface area (Å²) in [5, 5.41) is 0. The van der Waals surface area contributed by atoms with Gasteiger partial charge in [0.2, 0.25) is 0 Å². The Morgan fingerprint density at radius 2 is 0.559 bits per heavy atom. The molecule has 0 saturated carbocycles. The van der Waals surface area contributed by atoms with Crippen LogP contribution in [0.2, 0.25) is 0 Å². The van der Waals surface area contributed by atoms with Gasteiger partial charge in [-0.3, -0.25) is 18.6 Å². The number of esters is 2. The Morgan fingerprint density at radius 3 is 0.833 bits per heavy atom. The number of ether oxygens (including phenoxy) is 2. The second-order valence-corrected chi connectivity index (χ2v) is 30.9. The Morgan fingerprint density at radius 1 is 0.314 bits per heavy atom. The summed E-state index contributed by atoms with van der Waals surface area (Å²) in [6.45, 7) is 4.32. The number of allylic oxidation sites excluding steroid dienone is 24. The Labute approximate surface area is 631 Å². The molecule has 0 radical (unpaired) electrons. The van der Waals surface area contributed by atoms with Gasteiger partial charge >= 0.3 is 19.8 Å². The molecule has 0 aliphatic heterocycles. The number of carbonyl (C=O) groups is 2. The monoisotopic (exact) mass is 1440 g/mol. The zero-order valence-corrected chi connectivity index (χ0v) is 68.0. The predicted molar refractivity (Wildman–Crippen MR) is 445 cm³/mol. The number of likely N-dealkylation sites (N-methyl/N-ethyl adjacent to an activating group) is 1. The summed E-state index contributed by atoms with van der Waals surface area (Å²) in [4.78, 5) is 36.0. The van der Waals surface area contributed by atoms with Crippen LogP contribution in [0.4, 0.5) is 0 Å². The van der Waals surface area contributed by atoms with E-state index in [-0.39, 0.29) is 32.0 Å². The fourth-order valence-electron chi connectivity index (χ4n) is 11.9. The number of unbranched alkanes of at least 4 members (excludes halogenated alkanes) is 40. The van der Waals surface area contributed by atoms with E-state index in [4.69, 9.17) is 18.5 Å². The maximum absolute atomic E-state index is 12.9. The van der Waals surface area contributed by atoms with Gasteiger partial charge < -0.3 is 18.9 Å². The topological polar surface area (TPSA) is 108 Å². The second kappa shape index (κ2) is 81.0. The molecule has 2 atom stereocenters. The third kappa shape index (κ3) is 84.8. The van der Waals surface area contributed by atoms with Crippen molar-refractivity contribution < 1.29 is 42.1 Å². The smallest absolute Gasteiger partial charge is 0.462 e. The van der Waals surface area contributed by atoms with Crippen LogP contribution in [0.15, 0.2) is 146 Å². The predicted octanol–water partition coefficient (Wildman–Crippen LogP) is 28.8. The van der Waals surface area contributed by atoms with Crippen LogP contribution in [0, 0.1) is 0 Å². The normalized spacial score (nSPS) is 13.7. The van der Waals surface area contributed by atoms with Crippen LogP contribution in [-0.4, -0.2) is 74.9 Å². The highest BCUT2D eigenvalue weighted by atomic mass is 31.2. The van der Waals surface area contributed by atoms with Crippen LogP contribution in [-0.2, 0) is 32.7 Å². The van der Waals surface area contributed by atoms with Crippen molar-refractivity contribution in [2.24, 2.45) is 0 Å². The van der Waals surface area contributed by atoms with Crippen molar-refractivity contribution in [1.29, 1.82) is 0 Å². The summed E-state index contributed by atoms with van der Waals surface area (Å²) in [6, 6.07) is 0. The maximum Gasteiger partial charge on any atom is 0.472 e. The van der Waals surface area contributed by atoms with Crippen molar-refractivity contribution in [2.45, 2.75) is 380 Å². The SMILES string of the molecule is CC/C=C\C/C=C\C/C=C\C/C=C\C/C=C\C/C=C\C/C=C\C/C=C\C/C=C\C/C=C\C/C=C\C/C=C\CCCCCCC(=O)OC(COC(=O)CCCCCCCCCCCCCCCCCCCCCCCCCCCCCCCCCCCCCCC)COP(=O)(O)OCC[N+](C)(C)C. The van der Waals surface area contributed by atoms with Gasteiger partial charge in [-0.15, -0.1) is 0 Å². The van der Waals surface area contributed by atoms with Crippen molar-refractivity contribution in [3.8, 4) is 0 Å². The molecule has 0 aromatic heterocycles. The number of quaternary nitrogens is 1. The third-order valence-corrected chi connectivity index (χ3v) is 19.4. The van der Waals surface area contributed by atoms with Gasteiger partial charge in [0, 0.05) is 12.8 Å². The lowest BCUT2D eigenvalue weighted by atomic mass is 10.0. The number of phosphoric acid groups is 1. The van der Waals surface area contributed by atoms with E-state index in [0.29, 0.717) is 17.4 Å². The first kappa shape index (κ1) is 97.9. The van der Waals surface area contributed by atoms with E-state index in [2.05, 4.69) is 160 Å². The molecule has 0 aliphatic rings. The first-order valence-corrected chi connectivity index (χ1v) is 44.1. The fourth-order valence-corrected chi connectivity index (χ4v) is 12.7. The average molecular weight is 1440 g/mol. The van der Waals surface area contributed by atoms with Gasteiger partial charge in [-0.2, -0.15) is 0 Å². The van der Waals surface area contributed by atoms with Crippen LogP contribution in [0.5, 0.6) is 0 Å². The summed E-state index contributed by atoms with van der Waals surface area (Å²) in [6.07, 6.45) is 120. The van der Waals surface area contributed by atoms with Gasteiger partial charge in [-0.1, -0.05) is 404 Å². The Balaban J connectivity index is 4.03. The van der Waals surface area contributed by atoms with Gasteiger partial charge in [0.25, 0.3) is 0 Å². The number of carbonyl (C=O) groups excluding carboxylic acids is 2. The quantitative estimate of drug-likeness (QED) is 0.0211. The zero-order valence-electron chi connectivity index (χ0n) is 67.1. The summed E-state index contributed by atoms with van der Waals surface area (Å²) in [7, 11) is 1.45. The fraction of sp³-hybridized carbons (Fsp3) is 0.717. The molecule has 0 aromatic rings. The van der Waals surface area contributed by atoms with E-state index in [1.807, 2.05) is 21.1 Å². The molecule has 102 heavy (non-hydrogen) atoms. The Bertz CT molecular complexity index is 2240. The van der Waals surface area contributed by atoms with Gasteiger partial charge in [0.1, 0.15) is 19.8 Å². The maximum atomic E-state index is 12.9. The molecule has 0 saturated heterocycles. The number of nitrogens with zero attached hydrogens (tertiary/aromatic N) is 1. The molecule has 0 bridgehead atoms. The van der Waals surface area contributed by atoms with E-state index in [1.165, 1.54) is 218 Å². The zero-order chi connectivity index (χ0) is 74.0. The summed E-state index contributed by atoms with van der Waals surface area (Å²) in [5.41, 5.74) is 0. The minimum Gasteiger partial charge on any atom is -0.462 e. The largest absolute Gasteiger partial charge is 0.472 e. The highest BCUT2D eigenvalue weighted by Gasteiger charge is 2.27. The number of hydrogen-bond acceptors (Lipinski definition) is 7. The first-order valence-electron chi connectivity index (χ1n) is 42.6. The molecule has 0 spiro atoms. The molecule has 10 heteroatoms. The molecule has 9 nitrogen and oxygen atoms in total. The van der Waals surface area contributed by atoms with Gasteiger partial charge in [0.15, 0.2) is 6.10 Å². The van der Waals surface area contributed by atoms with Crippen molar-refractivity contribution in [3.63, 3.8) is 0 Å². The molecule has 0 aromatic carbocycles. The third-order valence-electron chi connectivity index (χ3n) is 18.4. The number of rotatable bonds is 78. The van der Waals surface area contributed by atoms with Crippen LogP contribution >= 0.6 is 7.82 Å². The van der Waals surface area contributed by atoms with E-state index in [1.54, 1.807) is 0 Å². The molecular formula is C92H161NO8P+.